The van der Waals surface area contributed by atoms with Gasteiger partial charge in [-0.25, -0.2) is 9.97 Å². The summed E-state index contributed by atoms with van der Waals surface area (Å²) >= 11 is 6.78. The first kappa shape index (κ1) is 14.9. The molecule has 1 aromatic heterocycles. The van der Waals surface area contributed by atoms with Crippen molar-refractivity contribution in [2.75, 3.05) is 17.2 Å². The highest BCUT2D eigenvalue weighted by Crippen LogP contribution is 2.30. The zero-order chi connectivity index (χ0) is 14.5. The van der Waals surface area contributed by atoms with E-state index in [0.29, 0.717) is 11.5 Å². The van der Waals surface area contributed by atoms with Crippen molar-refractivity contribution in [3.63, 3.8) is 0 Å². The Bertz CT molecular complexity index is 596. The molecule has 1 aromatic carbocycles. The Kier molecular flexibility index (Phi) is 5.08. The van der Waals surface area contributed by atoms with E-state index >= 15 is 0 Å². The summed E-state index contributed by atoms with van der Waals surface area (Å²) in [5, 5.41) is 5.81. The average Bonchev–Trinajstić information content (AvgIpc) is 2.44. The van der Waals surface area contributed by atoms with E-state index in [1.807, 2.05) is 25.1 Å². The maximum absolute atomic E-state index is 12.1. The normalized spacial score (nSPS) is 10.2. The maximum atomic E-state index is 12.1. The van der Waals surface area contributed by atoms with Gasteiger partial charge in [-0.1, -0.05) is 6.07 Å². The predicted molar refractivity (Wildman–Crippen MR) is 86.0 cm³/mol. The van der Waals surface area contributed by atoms with E-state index in [-0.39, 0.29) is 11.6 Å². The summed E-state index contributed by atoms with van der Waals surface area (Å²) in [7, 11) is 0. The molecule has 0 aliphatic carbocycles. The van der Waals surface area contributed by atoms with Crippen molar-refractivity contribution in [2.24, 2.45) is 0 Å². The number of anilines is 2. The van der Waals surface area contributed by atoms with E-state index in [2.05, 4.69) is 52.5 Å². The van der Waals surface area contributed by atoms with E-state index in [4.69, 9.17) is 0 Å². The quantitative estimate of drug-likeness (QED) is 0.822. The lowest BCUT2D eigenvalue weighted by Crippen LogP contribution is -2.15. The summed E-state index contributed by atoms with van der Waals surface area (Å²) in [5.41, 5.74) is 0.921. The molecule has 0 radical (unpaired) electrons. The minimum Gasteiger partial charge on any atom is -0.369 e. The second-order valence-corrected chi connectivity index (χ2v) is 5.58. The Morgan fingerprint density at radius 1 is 1.20 bits per heavy atom. The minimum atomic E-state index is -0.312. The summed E-state index contributed by atoms with van der Waals surface area (Å²) in [4.78, 5) is 20.3. The number of nitrogens with zero attached hydrogens (tertiary/aromatic N) is 2. The van der Waals surface area contributed by atoms with Crippen LogP contribution in [0.25, 0.3) is 0 Å². The lowest BCUT2D eigenvalue weighted by Gasteiger charge is -2.09. The highest BCUT2D eigenvalue weighted by atomic mass is 79.9. The van der Waals surface area contributed by atoms with Crippen molar-refractivity contribution < 1.29 is 4.79 Å². The average molecular weight is 400 g/mol. The molecule has 0 fully saturated rings. The SMILES string of the molecule is CCNc1cnc(C(=O)Nc2c(Br)cccc2Br)cn1. The number of halogens is 2. The van der Waals surface area contributed by atoms with Crippen LogP contribution < -0.4 is 10.6 Å². The maximum Gasteiger partial charge on any atom is 0.275 e. The molecule has 1 amide bonds. The van der Waals surface area contributed by atoms with Crippen molar-refractivity contribution >= 4 is 49.3 Å². The van der Waals surface area contributed by atoms with Crippen LogP contribution in [0.2, 0.25) is 0 Å². The van der Waals surface area contributed by atoms with Gasteiger partial charge < -0.3 is 10.6 Å². The molecule has 7 heteroatoms. The minimum absolute atomic E-state index is 0.259. The molecule has 20 heavy (non-hydrogen) atoms. The zero-order valence-electron chi connectivity index (χ0n) is 10.7. The largest absolute Gasteiger partial charge is 0.369 e. The number of nitrogens with one attached hydrogen (secondary N) is 2. The van der Waals surface area contributed by atoms with Crippen LogP contribution in [0.4, 0.5) is 11.5 Å². The lowest BCUT2D eigenvalue weighted by molar-refractivity contribution is 0.102. The lowest BCUT2D eigenvalue weighted by atomic mass is 10.3. The number of carbonyl (C=O) groups is 1. The summed E-state index contributed by atoms with van der Waals surface area (Å²) in [5.74, 6) is 0.333. The van der Waals surface area contributed by atoms with Gasteiger partial charge in [0.05, 0.1) is 18.1 Å². The Morgan fingerprint density at radius 3 is 2.45 bits per heavy atom. The first-order valence-corrected chi connectivity index (χ1v) is 7.51. The number of aromatic nitrogens is 2. The highest BCUT2D eigenvalue weighted by molar-refractivity contribution is 9.11. The van der Waals surface area contributed by atoms with Gasteiger partial charge in [0, 0.05) is 15.5 Å². The van der Waals surface area contributed by atoms with Gasteiger partial charge in [0.25, 0.3) is 5.91 Å². The smallest absolute Gasteiger partial charge is 0.275 e. The van der Waals surface area contributed by atoms with Gasteiger partial charge >= 0.3 is 0 Å². The molecule has 0 unspecified atom stereocenters. The van der Waals surface area contributed by atoms with Crippen molar-refractivity contribution in [2.45, 2.75) is 6.92 Å². The van der Waals surface area contributed by atoms with E-state index in [0.717, 1.165) is 15.5 Å². The Labute approximate surface area is 133 Å². The third kappa shape index (κ3) is 3.55. The number of benzene rings is 1. The predicted octanol–water partition coefficient (Wildman–Crippen LogP) is 3.69. The number of hydrogen-bond acceptors (Lipinski definition) is 4. The second kappa shape index (κ2) is 6.81. The second-order valence-electron chi connectivity index (χ2n) is 3.87. The van der Waals surface area contributed by atoms with Crippen LogP contribution in [-0.2, 0) is 0 Å². The van der Waals surface area contributed by atoms with Crippen LogP contribution in [-0.4, -0.2) is 22.4 Å². The molecule has 0 bridgehead atoms. The van der Waals surface area contributed by atoms with Crippen molar-refractivity contribution in [1.29, 1.82) is 0 Å². The zero-order valence-corrected chi connectivity index (χ0v) is 13.8. The Hall–Kier alpha value is -1.47. The third-order valence-corrected chi connectivity index (χ3v) is 3.77. The van der Waals surface area contributed by atoms with Crippen LogP contribution in [0.15, 0.2) is 39.5 Å². The van der Waals surface area contributed by atoms with Crippen LogP contribution in [0, 0.1) is 0 Å². The number of carbonyl (C=O) groups excluding carboxylic acids is 1. The van der Waals surface area contributed by atoms with Gasteiger partial charge in [0.2, 0.25) is 0 Å². The van der Waals surface area contributed by atoms with Crippen molar-refractivity contribution in [3.05, 3.63) is 45.2 Å². The number of para-hydroxylation sites is 1. The molecular weight excluding hydrogens is 388 g/mol. The molecular formula is C13H12Br2N4O. The van der Waals surface area contributed by atoms with Crippen LogP contribution in [0.3, 0.4) is 0 Å². The third-order valence-electron chi connectivity index (χ3n) is 2.44. The van der Waals surface area contributed by atoms with Gasteiger partial charge in [-0.15, -0.1) is 0 Å². The molecule has 2 N–H and O–H groups in total. The molecule has 0 aliphatic rings. The molecule has 104 valence electrons. The van der Waals surface area contributed by atoms with Crippen molar-refractivity contribution in [1.82, 2.24) is 9.97 Å². The summed E-state index contributed by atoms with van der Waals surface area (Å²) in [6.07, 6.45) is 2.98. The molecule has 2 aromatic rings. The summed E-state index contributed by atoms with van der Waals surface area (Å²) in [6, 6.07) is 5.56. The topological polar surface area (TPSA) is 66.9 Å². The molecule has 0 atom stereocenters. The van der Waals surface area contributed by atoms with E-state index in [1.165, 1.54) is 12.4 Å². The van der Waals surface area contributed by atoms with Gasteiger partial charge in [0.1, 0.15) is 11.5 Å². The molecule has 0 spiro atoms. The molecule has 0 saturated heterocycles. The summed E-state index contributed by atoms with van der Waals surface area (Å²) in [6.45, 7) is 2.72. The van der Waals surface area contributed by atoms with Crippen LogP contribution in [0.5, 0.6) is 0 Å². The van der Waals surface area contributed by atoms with E-state index in [1.54, 1.807) is 0 Å². The fourth-order valence-corrected chi connectivity index (χ4v) is 2.71. The van der Waals surface area contributed by atoms with Gasteiger partial charge in [-0.05, 0) is 50.9 Å². The summed E-state index contributed by atoms with van der Waals surface area (Å²) < 4.78 is 1.58. The van der Waals surface area contributed by atoms with E-state index < -0.39 is 0 Å². The van der Waals surface area contributed by atoms with Gasteiger partial charge in [0.15, 0.2) is 0 Å². The van der Waals surface area contributed by atoms with Gasteiger partial charge in [-0.2, -0.15) is 0 Å². The standard InChI is InChI=1S/C13H12Br2N4O/c1-2-16-11-7-17-10(6-18-11)13(20)19-12-8(14)4-3-5-9(12)15/h3-7H,2H2,1H3,(H,16,18)(H,19,20). The molecule has 2 rings (SSSR count). The number of hydrogen-bond donors (Lipinski definition) is 2. The molecule has 5 nitrogen and oxygen atoms in total. The molecule has 0 saturated carbocycles. The van der Waals surface area contributed by atoms with Crippen molar-refractivity contribution in [3.8, 4) is 0 Å². The number of rotatable bonds is 4. The monoisotopic (exact) mass is 398 g/mol. The first-order chi connectivity index (χ1) is 9.61. The van der Waals surface area contributed by atoms with Gasteiger partial charge in [-0.3, -0.25) is 4.79 Å². The highest BCUT2D eigenvalue weighted by Gasteiger charge is 2.12. The fraction of sp³-hybridized carbons (Fsp3) is 0.154. The Morgan fingerprint density at radius 2 is 1.90 bits per heavy atom. The first-order valence-electron chi connectivity index (χ1n) is 5.93. The number of amides is 1. The fourth-order valence-electron chi connectivity index (χ4n) is 1.51. The molecule has 0 aliphatic heterocycles. The van der Waals surface area contributed by atoms with Crippen LogP contribution >= 0.6 is 31.9 Å². The van der Waals surface area contributed by atoms with Crippen LogP contribution in [0.1, 0.15) is 17.4 Å². The Balaban J connectivity index is 2.16. The molecule has 1 heterocycles. The van der Waals surface area contributed by atoms with E-state index in [9.17, 15) is 4.79 Å².